The molecule has 0 bridgehead atoms. The third kappa shape index (κ3) is 25.4. The van der Waals surface area contributed by atoms with E-state index in [1.807, 2.05) is 110 Å². The van der Waals surface area contributed by atoms with Crippen molar-refractivity contribution < 1.29 is 85.8 Å². The number of aromatic nitrogens is 6. The van der Waals surface area contributed by atoms with Gasteiger partial charge in [0.2, 0.25) is 17.7 Å². The lowest BCUT2D eigenvalue weighted by Crippen LogP contribution is -2.48. The number of nitrogens with zero attached hydrogens (tertiary/aromatic N) is 6. The van der Waals surface area contributed by atoms with Crippen molar-refractivity contribution in [2.75, 3.05) is 83.6 Å². The van der Waals surface area contributed by atoms with Crippen molar-refractivity contribution in [3.63, 3.8) is 0 Å². The summed E-state index contributed by atoms with van der Waals surface area (Å²) in [6.07, 6.45) is 15.2. The maximum atomic E-state index is 13.5. The predicted octanol–water partition coefficient (Wildman–Crippen LogP) is 11.1. The van der Waals surface area contributed by atoms with Crippen molar-refractivity contribution >= 4 is 53.4 Å². The van der Waals surface area contributed by atoms with Gasteiger partial charge in [-0.25, -0.2) is 0 Å². The Bertz CT molecular complexity index is 4120. The molecule has 0 spiro atoms. The lowest BCUT2D eigenvalue weighted by atomic mass is 9.87. The Morgan fingerprint density at radius 2 is 0.728 bits per heavy atom. The number of esters is 3. The minimum absolute atomic E-state index is 0.111. The number of amides is 6. The molecular formula is C84H120N12O18. The van der Waals surface area contributed by atoms with E-state index >= 15 is 0 Å². The van der Waals surface area contributed by atoms with E-state index in [9.17, 15) is 43.2 Å². The van der Waals surface area contributed by atoms with E-state index in [0.29, 0.717) is 83.8 Å². The largest absolute Gasteiger partial charge is 0.496 e. The van der Waals surface area contributed by atoms with Gasteiger partial charge < -0.3 is 74.5 Å². The summed E-state index contributed by atoms with van der Waals surface area (Å²) in [6, 6.07) is 19.5. The molecule has 3 aromatic heterocycles. The van der Waals surface area contributed by atoms with Gasteiger partial charge in [-0.3, -0.25) is 57.2 Å². The number of carbonyl (C=O) groups excluding carboxylic acids is 9. The third-order valence-electron chi connectivity index (χ3n) is 20.6. The second kappa shape index (κ2) is 44.7. The highest BCUT2D eigenvalue weighted by Crippen LogP contribution is 2.45. The van der Waals surface area contributed by atoms with Gasteiger partial charge in [-0.1, -0.05) is 106 Å². The van der Waals surface area contributed by atoms with Gasteiger partial charge in [0.25, 0.3) is 17.7 Å². The van der Waals surface area contributed by atoms with E-state index in [0.717, 1.165) is 92.3 Å². The summed E-state index contributed by atoms with van der Waals surface area (Å²) in [5.41, 5.74) is 4.90. The molecule has 624 valence electrons. The first-order valence-electron chi connectivity index (χ1n) is 39.5. The van der Waals surface area contributed by atoms with Crippen LogP contribution in [0, 0.1) is 35.5 Å². The maximum Gasteiger partial charge on any atom is 0.325 e. The highest BCUT2D eigenvalue weighted by molar-refractivity contribution is 6.00. The molecule has 3 heterocycles. The first-order chi connectivity index (χ1) is 54.6. The van der Waals surface area contributed by atoms with E-state index in [1.54, 1.807) is 60.9 Å². The molecule has 0 radical (unpaired) electrons. The van der Waals surface area contributed by atoms with Gasteiger partial charge >= 0.3 is 17.9 Å². The summed E-state index contributed by atoms with van der Waals surface area (Å²) in [7, 11) is 13.3. The Labute approximate surface area is 669 Å². The van der Waals surface area contributed by atoms with E-state index in [-0.39, 0.29) is 66.6 Å². The number of carbonyl (C=O) groups is 9. The van der Waals surface area contributed by atoms with Crippen LogP contribution in [0.3, 0.4) is 0 Å². The second-order valence-corrected chi connectivity index (χ2v) is 30.6. The topological polar surface area (TPSA) is 362 Å². The zero-order valence-electron chi connectivity index (χ0n) is 69.5. The molecule has 9 rings (SSSR count). The Kier molecular flexibility index (Phi) is 35.5. The standard InChI is InChI=1S/3C28H40N4O6/c1-17(2)13-20(27(34)29-16-25(33)38-6)30-28(35)21-15-22(26-23(36-4)11-8-12-24(26)37-5)32(31-21)19-10-7-9-18(3)14-19;1-17(2)14-20(27(34)29-16-25(33)38-6)30-28(35)21-15-22(26-23(36-4)8-7-9-24(26)37-5)32(31-21)19-12-10-18(3)11-13-19;1-18(2)14-20(27(34)29-16-25(33)38-5)30-28(35)21-15-22(26-23(36-3)12-9-13-24(26)37-4)32(31-21)17-19-10-7-6-8-11-19/h8,11-12,15,17-20H,7,9-10,13-14,16H2,1-6H3,(H,29,34)(H,30,35);7-9,15,17-20H,10-14,16H2,1-6H3,(H,29,34)(H,30,35);9,12-13,15,18-20H,6-8,10-11,14,16-17H2,1-5H3,(H,29,34)(H,30,35)/t2*18?,19?,20-;20-/m000/s1. The summed E-state index contributed by atoms with van der Waals surface area (Å²) in [5, 5.41) is 30.3. The van der Waals surface area contributed by atoms with Crippen LogP contribution >= 0.6 is 0 Å². The number of ether oxygens (including phenoxy) is 9. The van der Waals surface area contributed by atoms with Crippen LogP contribution in [0.4, 0.5) is 0 Å². The van der Waals surface area contributed by atoms with Gasteiger partial charge in [0.05, 0.1) is 110 Å². The minimum Gasteiger partial charge on any atom is -0.496 e. The Morgan fingerprint density at radius 3 is 1.06 bits per heavy atom. The maximum absolute atomic E-state index is 13.5. The van der Waals surface area contributed by atoms with Crippen LogP contribution < -0.4 is 60.3 Å². The molecule has 6 amide bonds. The fourth-order valence-corrected chi connectivity index (χ4v) is 14.7. The molecule has 30 nitrogen and oxygen atoms in total. The molecule has 5 atom stereocenters. The SMILES string of the molecule is COC(=O)CNC(=O)[C@H](CC(C)C)NC(=O)c1cc(-c2c(OC)cccc2OC)n(C2CCC(C)CC2)n1.COC(=O)CNC(=O)[C@H](CC(C)C)NC(=O)c1cc(-c2c(OC)cccc2OC)n(C2CCCC(C)C2)n1.COC(=O)CNC(=O)[C@H](CC(C)C)NC(=O)c1cc(-c2c(OC)cccc2OC)n(CC2CCCCC2)n1. The van der Waals surface area contributed by atoms with Gasteiger partial charge in [0.1, 0.15) is 72.3 Å². The molecule has 0 aliphatic heterocycles. The molecule has 3 aliphatic rings. The van der Waals surface area contributed by atoms with E-state index < -0.39 is 71.5 Å². The summed E-state index contributed by atoms with van der Waals surface area (Å²) < 4.78 is 53.4. The smallest absolute Gasteiger partial charge is 0.325 e. The normalized spacial score (nSPS) is 16.8. The summed E-state index contributed by atoms with van der Waals surface area (Å²) in [6.45, 7) is 16.1. The predicted molar refractivity (Wildman–Crippen MR) is 429 cm³/mol. The van der Waals surface area contributed by atoms with E-state index in [2.05, 4.69) is 60.0 Å². The van der Waals surface area contributed by atoms with Crippen molar-refractivity contribution in [1.29, 1.82) is 0 Å². The molecular weight excluding hydrogens is 1460 g/mol. The molecule has 6 aromatic rings. The van der Waals surface area contributed by atoms with Gasteiger partial charge in [0.15, 0.2) is 17.1 Å². The van der Waals surface area contributed by atoms with Crippen molar-refractivity contribution in [1.82, 2.24) is 61.2 Å². The lowest BCUT2D eigenvalue weighted by molar-refractivity contribution is -0.141. The third-order valence-corrected chi connectivity index (χ3v) is 20.6. The van der Waals surface area contributed by atoms with Crippen molar-refractivity contribution in [2.45, 2.75) is 195 Å². The van der Waals surface area contributed by atoms with Crippen LogP contribution in [0.25, 0.3) is 33.8 Å². The number of nitrogens with one attached hydrogen (secondary N) is 6. The van der Waals surface area contributed by atoms with Crippen molar-refractivity contribution in [3.8, 4) is 68.3 Å². The zero-order chi connectivity index (χ0) is 83.3. The van der Waals surface area contributed by atoms with E-state index in [1.165, 1.54) is 40.6 Å². The van der Waals surface area contributed by atoms with Crippen LogP contribution in [-0.4, -0.2) is 184 Å². The highest BCUT2D eigenvalue weighted by atomic mass is 16.5. The van der Waals surface area contributed by atoms with Crippen LogP contribution in [0.2, 0.25) is 0 Å². The van der Waals surface area contributed by atoms with Crippen LogP contribution in [0.15, 0.2) is 72.8 Å². The van der Waals surface area contributed by atoms with Gasteiger partial charge in [-0.05, 0) is 161 Å². The van der Waals surface area contributed by atoms with Crippen LogP contribution in [0.5, 0.6) is 34.5 Å². The summed E-state index contributed by atoms with van der Waals surface area (Å²) in [4.78, 5) is 113. The van der Waals surface area contributed by atoms with Crippen LogP contribution in [-0.2, 0) is 49.5 Å². The molecule has 3 aromatic carbocycles. The average molecular weight is 1590 g/mol. The van der Waals surface area contributed by atoms with Crippen LogP contribution in [0.1, 0.15) is 202 Å². The number of methoxy groups -OCH3 is 9. The molecule has 114 heavy (non-hydrogen) atoms. The van der Waals surface area contributed by atoms with Gasteiger partial charge in [0, 0.05) is 6.54 Å². The molecule has 6 N–H and O–H groups in total. The number of benzene rings is 3. The van der Waals surface area contributed by atoms with E-state index in [4.69, 9.17) is 43.7 Å². The van der Waals surface area contributed by atoms with Gasteiger partial charge in [-0.15, -0.1) is 0 Å². The zero-order valence-corrected chi connectivity index (χ0v) is 69.5. The summed E-state index contributed by atoms with van der Waals surface area (Å²) >= 11 is 0. The Morgan fingerprint density at radius 1 is 0.395 bits per heavy atom. The molecule has 3 fully saturated rings. The highest BCUT2D eigenvalue weighted by Gasteiger charge is 2.35. The second-order valence-electron chi connectivity index (χ2n) is 30.6. The molecule has 3 saturated carbocycles. The summed E-state index contributed by atoms with van der Waals surface area (Å²) in [5.74, 6) is 1.22. The number of hydrogen-bond donors (Lipinski definition) is 6. The quantitative estimate of drug-likeness (QED) is 0.0161. The molecule has 30 heteroatoms. The average Bonchev–Trinajstić information content (AvgIpc) is 1.61. The Hall–Kier alpha value is -10.7. The number of rotatable bonds is 34. The monoisotopic (exact) mass is 1580 g/mol. The van der Waals surface area contributed by atoms with Crippen molar-refractivity contribution in [3.05, 3.63) is 89.9 Å². The molecule has 3 aliphatic carbocycles. The fraction of sp³-hybridized carbons (Fsp3) is 0.571. The first kappa shape index (κ1) is 90.5. The number of hydrogen-bond acceptors (Lipinski definition) is 21. The van der Waals surface area contributed by atoms with Gasteiger partial charge in [-0.2, -0.15) is 15.3 Å². The van der Waals surface area contributed by atoms with Crippen molar-refractivity contribution in [2.24, 2.45) is 35.5 Å². The fourth-order valence-electron chi connectivity index (χ4n) is 14.7. The lowest BCUT2D eigenvalue weighted by Gasteiger charge is -2.28. The molecule has 2 unspecified atom stereocenters. The Balaban J connectivity index is 0.000000237. The molecule has 0 saturated heterocycles. The minimum atomic E-state index is -0.837. The first-order valence-corrected chi connectivity index (χ1v) is 39.5.